The molecule has 1 aromatic heterocycles. The van der Waals surface area contributed by atoms with E-state index in [1.807, 2.05) is 12.3 Å². The molecule has 1 N–H and O–H groups in total. The standard InChI is InChI=1S/C15H23N3.ClH/c1-2-8-16-14(4-1)12-18-10-6-13(7-11-18)15-5-3-9-17-15;/h1-2,4,8,13,15,17H,3,5-7,9-12H2;1H. The van der Waals surface area contributed by atoms with Gasteiger partial charge in [-0.3, -0.25) is 9.88 Å². The average molecular weight is 282 g/mol. The Labute approximate surface area is 122 Å². The van der Waals surface area contributed by atoms with Gasteiger partial charge in [-0.2, -0.15) is 0 Å². The molecule has 1 unspecified atom stereocenters. The van der Waals surface area contributed by atoms with E-state index in [1.54, 1.807) is 0 Å². The summed E-state index contributed by atoms with van der Waals surface area (Å²) < 4.78 is 0. The van der Waals surface area contributed by atoms with Crippen molar-refractivity contribution in [1.82, 2.24) is 15.2 Å². The highest BCUT2D eigenvalue weighted by Crippen LogP contribution is 2.26. The van der Waals surface area contributed by atoms with Gasteiger partial charge >= 0.3 is 0 Å². The van der Waals surface area contributed by atoms with Crippen molar-refractivity contribution in [3.05, 3.63) is 30.1 Å². The van der Waals surface area contributed by atoms with Crippen LogP contribution in [0.4, 0.5) is 0 Å². The van der Waals surface area contributed by atoms with E-state index >= 15 is 0 Å². The molecule has 3 heterocycles. The maximum Gasteiger partial charge on any atom is 0.0543 e. The number of piperidine rings is 1. The van der Waals surface area contributed by atoms with Gasteiger partial charge in [0, 0.05) is 18.8 Å². The van der Waals surface area contributed by atoms with Crippen molar-refractivity contribution in [3.63, 3.8) is 0 Å². The molecule has 2 aliphatic rings. The Bertz CT molecular complexity index is 357. The Balaban J connectivity index is 0.00000133. The zero-order valence-corrected chi connectivity index (χ0v) is 12.2. The van der Waals surface area contributed by atoms with Crippen LogP contribution in [0.5, 0.6) is 0 Å². The molecule has 0 aliphatic carbocycles. The van der Waals surface area contributed by atoms with Crippen LogP contribution in [-0.4, -0.2) is 35.6 Å². The van der Waals surface area contributed by atoms with Crippen LogP contribution in [0, 0.1) is 5.92 Å². The zero-order chi connectivity index (χ0) is 12.2. The number of hydrogen-bond donors (Lipinski definition) is 1. The summed E-state index contributed by atoms with van der Waals surface area (Å²) in [5.74, 6) is 0.910. The van der Waals surface area contributed by atoms with Crippen LogP contribution in [0.2, 0.25) is 0 Å². The molecule has 3 rings (SSSR count). The minimum absolute atomic E-state index is 0. The first-order valence-electron chi connectivity index (χ1n) is 7.27. The third kappa shape index (κ3) is 3.91. The van der Waals surface area contributed by atoms with E-state index in [0.29, 0.717) is 0 Å². The SMILES string of the molecule is Cl.c1ccc(CN2CCC(C3CCCN3)CC2)nc1. The average Bonchev–Trinajstić information content (AvgIpc) is 2.95. The number of nitrogens with zero attached hydrogens (tertiary/aromatic N) is 2. The maximum atomic E-state index is 4.42. The number of nitrogens with one attached hydrogen (secondary N) is 1. The van der Waals surface area contributed by atoms with Crippen molar-refractivity contribution in [3.8, 4) is 0 Å². The summed E-state index contributed by atoms with van der Waals surface area (Å²) in [6, 6.07) is 7.01. The largest absolute Gasteiger partial charge is 0.314 e. The minimum atomic E-state index is 0. The van der Waals surface area contributed by atoms with Gasteiger partial charge < -0.3 is 5.32 Å². The summed E-state index contributed by atoms with van der Waals surface area (Å²) in [6.07, 6.45) is 7.36. The van der Waals surface area contributed by atoms with Crippen LogP contribution in [0.25, 0.3) is 0 Å². The number of aromatic nitrogens is 1. The lowest BCUT2D eigenvalue weighted by atomic mass is 9.88. The third-order valence-electron chi connectivity index (χ3n) is 4.41. The first-order chi connectivity index (χ1) is 8.92. The summed E-state index contributed by atoms with van der Waals surface area (Å²) in [5, 5.41) is 3.66. The third-order valence-corrected chi connectivity index (χ3v) is 4.41. The van der Waals surface area contributed by atoms with Crippen molar-refractivity contribution in [2.75, 3.05) is 19.6 Å². The van der Waals surface area contributed by atoms with Crippen LogP contribution in [0.3, 0.4) is 0 Å². The summed E-state index contributed by atoms with van der Waals surface area (Å²) in [5.41, 5.74) is 1.20. The molecule has 0 radical (unpaired) electrons. The lowest BCUT2D eigenvalue weighted by molar-refractivity contribution is 0.156. The molecule has 0 aromatic carbocycles. The van der Waals surface area contributed by atoms with Crippen LogP contribution < -0.4 is 5.32 Å². The maximum absolute atomic E-state index is 4.42. The molecule has 2 fully saturated rings. The Kier molecular flexibility index (Phi) is 5.61. The predicted octanol–water partition coefficient (Wildman–Crippen LogP) is 2.47. The van der Waals surface area contributed by atoms with Gasteiger partial charge in [-0.1, -0.05) is 6.07 Å². The molecule has 2 aliphatic heterocycles. The van der Waals surface area contributed by atoms with Gasteiger partial charge in [-0.15, -0.1) is 12.4 Å². The summed E-state index contributed by atoms with van der Waals surface area (Å²) in [6.45, 7) is 4.73. The Morgan fingerprint density at radius 1 is 1.21 bits per heavy atom. The van der Waals surface area contributed by atoms with E-state index < -0.39 is 0 Å². The van der Waals surface area contributed by atoms with Gasteiger partial charge in [0.1, 0.15) is 0 Å². The summed E-state index contributed by atoms with van der Waals surface area (Å²) >= 11 is 0. The molecular weight excluding hydrogens is 258 g/mol. The van der Waals surface area contributed by atoms with Crippen molar-refractivity contribution >= 4 is 12.4 Å². The number of rotatable bonds is 3. The van der Waals surface area contributed by atoms with E-state index in [-0.39, 0.29) is 12.4 Å². The fourth-order valence-electron chi connectivity index (χ4n) is 3.35. The predicted molar refractivity (Wildman–Crippen MR) is 80.5 cm³/mol. The molecule has 0 bridgehead atoms. The monoisotopic (exact) mass is 281 g/mol. The number of pyridine rings is 1. The second-order valence-electron chi connectivity index (χ2n) is 5.64. The minimum Gasteiger partial charge on any atom is -0.314 e. The lowest BCUT2D eigenvalue weighted by Crippen LogP contribution is -2.40. The van der Waals surface area contributed by atoms with E-state index in [4.69, 9.17) is 0 Å². The molecule has 1 atom stereocenters. The number of hydrogen-bond acceptors (Lipinski definition) is 3. The van der Waals surface area contributed by atoms with Crippen LogP contribution in [-0.2, 0) is 6.54 Å². The molecule has 3 nitrogen and oxygen atoms in total. The highest BCUT2D eigenvalue weighted by atomic mass is 35.5. The quantitative estimate of drug-likeness (QED) is 0.923. The zero-order valence-electron chi connectivity index (χ0n) is 11.4. The molecule has 0 amide bonds. The van der Waals surface area contributed by atoms with Gasteiger partial charge in [-0.05, 0) is 63.4 Å². The van der Waals surface area contributed by atoms with E-state index in [2.05, 4.69) is 27.3 Å². The summed E-state index contributed by atoms with van der Waals surface area (Å²) in [4.78, 5) is 6.96. The van der Waals surface area contributed by atoms with E-state index in [9.17, 15) is 0 Å². The van der Waals surface area contributed by atoms with Crippen LogP contribution in [0.15, 0.2) is 24.4 Å². The van der Waals surface area contributed by atoms with Gasteiger partial charge in [0.2, 0.25) is 0 Å². The second-order valence-corrected chi connectivity index (χ2v) is 5.64. The van der Waals surface area contributed by atoms with Crippen LogP contribution >= 0.6 is 12.4 Å². The van der Waals surface area contributed by atoms with Crippen molar-refractivity contribution < 1.29 is 0 Å². The Morgan fingerprint density at radius 3 is 2.68 bits per heavy atom. The van der Waals surface area contributed by atoms with E-state index in [0.717, 1.165) is 18.5 Å². The molecule has 4 heteroatoms. The topological polar surface area (TPSA) is 28.2 Å². The molecule has 1 aromatic rings. The fourth-order valence-corrected chi connectivity index (χ4v) is 3.35. The van der Waals surface area contributed by atoms with Crippen LogP contribution in [0.1, 0.15) is 31.4 Å². The number of halogens is 1. The first-order valence-corrected chi connectivity index (χ1v) is 7.27. The highest BCUT2D eigenvalue weighted by Gasteiger charge is 2.28. The first kappa shape index (κ1) is 14.8. The van der Waals surface area contributed by atoms with E-state index in [1.165, 1.54) is 51.0 Å². The molecule has 0 saturated carbocycles. The summed E-state index contributed by atoms with van der Waals surface area (Å²) in [7, 11) is 0. The lowest BCUT2D eigenvalue weighted by Gasteiger charge is -2.34. The highest BCUT2D eigenvalue weighted by molar-refractivity contribution is 5.85. The number of likely N-dealkylation sites (tertiary alicyclic amines) is 1. The Hall–Kier alpha value is -0.640. The molecule has 2 saturated heterocycles. The van der Waals surface area contributed by atoms with Crippen molar-refractivity contribution in [1.29, 1.82) is 0 Å². The van der Waals surface area contributed by atoms with Crippen molar-refractivity contribution in [2.45, 2.75) is 38.3 Å². The van der Waals surface area contributed by atoms with Crippen molar-refractivity contribution in [2.24, 2.45) is 5.92 Å². The van der Waals surface area contributed by atoms with Gasteiger partial charge in [0.05, 0.1) is 5.69 Å². The molecular formula is C15H24ClN3. The molecule has 19 heavy (non-hydrogen) atoms. The molecule has 0 spiro atoms. The van der Waals surface area contributed by atoms with Gasteiger partial charge in [-0.25, -0.2) is 0 Å². The second kappa shape index (κ2) is 7.22. The Morgan fingerprint density at radius 2 is 2.05 bits per heavy atom. The smallest absolute Gasteiger partial charge is 0.0543 e. The fraction of sp³-hybridized carbons (Fsp3) is 0.667. The van der Waals surface area contributed by atoms with Gasteiger partial charge in [0.25, 0.3) is 0 Å². The molecule has 106 valence electrons. The normalized spacial score (nSPS) is 25.2. The van der Waals surface area contributed by atoms with Gasteiger partial charge in [0.15, 0.2) is 0 Å².